The van der Waals surface area contributed by atoms with E-state index < -0.39 is 0 Å². The van der Waals surface area contributed by atoms with Crippen LogP contribution in [0, 0.1) is 0 Å². The van der Waals surface area contributed by atoms with Crippen LogP contribution in [0.4, 0.5) is 0 Å². The van der Waals surface area contributed by atoms with E-state index >= 15 is 0 Å². The van der Waals surface area contributed by atoms with E-state index in [0.29, 0.717) is 5.75 Å². The van der Waals surface area contributed by atoms with Gasteiger partial charge in [-0.05, 0) is 26.2 Å². The minimum atomic E-state index is 0.0744. The van der Waals surface area contributed by atoms with Crippen molar-refractivity contribution in [3.8, 4) is 0 Å². The lowest BCUT2D eigenvalue weighted by molar-refractivity contribution is -0.119. The molecule has 1 N–H and O–H groups in total. The van der Waals surface area contributed by atoms with Gasteiger partial charge in [-0.2, -0.15) is 0 Å². The molecule has 1 aromatic rings. The van der Waals surface area contributed by atoms with Crippen molar-refractivity contribution in [1.29, 1.82) is 0 Å². The van der Waals surface area contributed by atoms with Crippen LogP contribution < -0.4 is 5.32 Å². The first-order chi connectivity index (χ1) is 9.20. The van der Waals surface area contributed by atoms with Crippen molar-refractivity contribution in [3.63, 3.8) is 0 Å². The summed E-state index contributed by atoms with van der Waals surface area (Å²) in [6.07, 6.45) is 5.58. The van der Waals surface area contributed by atoms with E-state index in [4.69, 9.17) is 0 Å². The van der Waals surface area contributed by atoms with Crippen LogP contribution >= 0.6 is 11.8 Å². The summed E-state index contributed by atoms with van der Waals surface area (Å²) in [5.41, 5.74) is 0. The maximum Gasteiger partial charge on any atom is 0.230 e. The number of aryl methyl sites for hydroxylation is 1. The number of nitrogens with one attached hydrogen (secondary N) is 1. The molecular weight excluding hydrogens is 260 g/mol. The van der Waals surface area contributed by atoms with Gasteiger partial charge in [-0.1, -0.05) is 25.1 Å². The summed E-state index contributed by atoms with van der Waals surface area (Å²) in [6, 6.07) is 0.239. The number of carbonyl (C=O) groups is 1. The smallest absolute Gasteiger partial charge is 0.230 e. The summed E-state index contributed by atoms with van der Waals surface area (Å²) in [7, 11) is 0. The van der Waals surface area contributed by atoms with Crippen molar-refractivity contribution in [1.82, 2.24) is 20.1 Å². The third-order valence-corrected chi connectivity index (χ3v) is 4.39. The Morgan fingerprint density at radius 3 is 3.05 bits per heavy atom. The third-order valence-electron chi connectivity index (χ3n) is 3.43. The van der Waals surface area contributed by atoms with E-state index in [9.17, 15) is 4.79 Å². The highest BCUT2D eigenvalue weighted by atomic mass is 32.2. The largest absolute Gasteiger partial charge is 0.353 e. The van der Waals surface area contributed by atoms with Crippen LogP contribution in [-0.4, -0.2) is 32.5 Å². The first kappa shape index (κ1) is 14.4. The highest BCUT2D eigenvalue weighted by Gasteiger charge is 2.16. The Labute approximate surface area is 118 Å². The molecule has 5 nitrogen and oxygen atoms in total. The highest BCUT2D eigenvalue weighted by molar-refractivity contribution is 7.99. The van der Waals surface area contributed by atoms with Crippen LogP contribution in [0.2, 0.25) is 0 Å². The van der Waals surface area contributed by atoms with Gasteiger partial charge in [0.25, 0.3) is 0 Å². The summed E-state index contributed by atoms with van der Waals surface area (Å²) in [5.74, 6) is 1.57. The maximum absolute atomic E-state index is 11.8. The molecule has 0 saturated carbocycles. The normalized spacial score (nSPS) is 16.5. The SMILES string of the molecule is CC[C@H](C)NC(=O)CSc1nnc2n1CCCCC2. The summed E-state index contributed by atoms with van der Waals surface area (Å²) in [6.45, 7) is 5.07. The van der Waals surface area contributed by atoms with Crippen molar-refractivity contribution in [2.75, 3.05) is 5.75 Å². The molecule has 0 aliphatic carbocycles. The molecule has 0 saturated heterocycles. The Morgan fingerprint density at radius 1 is 1.42 bits per heavy atom. The standard InChI is InChI=1S/C13H22N4OS/c1-3-10(2)14-12(18)9-19-13-16-15-11-7-5-4-6-8-17(11)13/h10H,3-9H2,1-2H3,(H,14,18)/t10-/m0/s1. The van der Waals surface area contributed by atoms with Crippen LogP contribution in [0.3, 0.4) is 0 Å². The van der Waals surface area contributed by atoms with E-state index in [2.05, 4.69) is 27.0 Å². The number of aromatic nitrogens is 3. The molecule has 0 fully saturated rings. The molecule has 1 aliphatic heterocycles. The zero-order chi connectivity index (χ0) is 13.7. The second kappa shape index (κ2) is 6.93. The van der Waals surface area contributed by atoms with Gasteiger partial charge in [0, 0.05) is 19.0 Å². The Bertz CT molecular complexity index is 432. The van der Waals surface area contributed by atoms with Crippen molar-refractivity contribution >= 4 is 17.7 Å². The molecule has 6 heteroatoms. The van der Waals surface area contributed by atoms with Crippen molar-refractivity contribution < 1.29 is 4.79 Å². The molecule has 2 heterocycles. The van der Waals surface area contributed by atoms with Crippen LogP contribution in [0.1, 0.15) is 45.4 Å². The van der Waals surface area contributed by atoms with E-state index in [1.54, 1.807) is 0 Å². The zero-order valence-corrected chi connectivity index (χ0v) is 12.5. The van der Waals surface area contributed by atoms with Gasteiger partial charge in [0.2, 0.25) is 5.91 Å². The molecule has 0 unspecified atom stereocenters. The lowest BCUT2D eigenvalue weighted by atomic mass is 10.2. The number of hydrogen-bond acceptors (Lipinski definition) is 4. The number of carbonyl (C=O) groups excluding carboxylic acids is 1. The third kappa shape index (κ3) is 3.96. The van der Waals surface area contributed by atoms with Gasteiger partial charge in [-0.3, -0.25) is 4.79 Å². The van der Waals surface area contributed by atoms with Gasteiger partial charge in [0.05, 0.1) is 5.75 Å². The Morgan fingerprint density at radius 2 is 2.26 bits per heavy atom. The number of amides is 1. The van der Waals surface area contributed by atoms with Crippen LogP contribution in [0.15, 0.2) is 5.16 Å². The Hall–Kier alpha value is -1.04. The maximum atomic E-state index is 11.8. The monoisotopic (exact) mass is 282 g/mol. The van der Waals surface area contributed by atoms with Gasteiger partial charge in [-0.15, -0.1) is 10.2 Å². The average Bonchev–Trinajstić information content (AvgIpc) is 2.63. The zero-order valence-electron chi connectivity index (χ0n) is 11.7. The molecule has 106 valence electrons. The molecule has 2 rings (SSSR count). The van der Waals surface area contributed by atoms with Crippen molar-refractivity contribution in [2.45, 2.75) is 63.7 Å². The second-order valence-electron chi connectivity index (χ2n) is 5.03. The Kier molecular flexibility index (Phi) is 5.24. The van der Waals surface area contributed by atoms with Crippen LogP contribution in [0.5, 0.6) is 0 Å². The van der Waals surface area contributed by atoms with Crippen molar-refractivity contribution in [3.05, 3.63) is 5.82 Å². The fraction of sp³-hybridized carbons (Fsp3) is 0.769. The molecule has 1 aliphatic rings. The molecule has 0 spiro atoms. The average molecular weight is 282 g/mol. The fourth-order valence-corrected chi connectivity index (χ4v) is 2.91. The lowest BCUT2D eigenvalue weighted by Crippen LogP contribution is -2.33. The van der Waals surface area contributed by atoms with Gasteiger partial charge >= 0.3 is 0 Å². The Balaban J connectivity index is 1.89. The predicted molar refractivity (Wildman–Crippen MR) is 76.2 cm³/mol. The molecule has 1 amide bonds. The second-order valence-corrected chi connectivity index (χ2v) is 5.97. The molecular formula is C13H22N4OS. The quantitative estimate of drug-likeness (QED) is 0.839. The van der Waals surface area contributed by atoms with Gasteiger partial charge in [-0.25, -0.2) is 0 Å². The summed E-state index contributed by atoms with van der Waals surface area (Å²) in [4.78, 5) is 11.8. The first-order valence-electron chi connectivity index (χ1n) is 7.05. The molecule has 1 atom stereocenters. The van der Waals surface area contributed by atoms with Crippen LogP contribution in [0.25, 0.3) is 0 Å². The summed E-state index contributed by atoms with van der Waals surface area (Å²) >= 11 is 1.49. The van der Waals surface area contributed by atoms with Gasteiger partial charge in [0.15, 0.2) is 5.16 Å². The number of hydrogen-bond donors (Lipinski definition) is 1. The predicted octanol–water partition coefficient (Wildman–Crippen LogP) is 2.01. The van der Waals surface area contributed by atoms with Gasteiger partial charge < -0.3 is 9.88 Å². The van der Waals surface area contributed by atoms with Gasteiger partial charge in [0.1, 0.15) is 5.82 Å². The number of rotatable bonds is 5. The molecule has 1 aromatic heterocycles. The lowest BCUT2D eigenvalue weighted by Gasteiger charge is -2.11. The highest BCUT2D eigenvalue weighted by Crippen LogP contribution is 2.21. The fourth-order valence-electron chi connectivity index (χ4n) is 2.11. The molecule has 0 bridgehead atoms. The number of nitrogens with zero attached hydrogens (tertiary/aromatic N) is 3. The van der Waals surface area contributed by atoms with E-state index in [1.807, 2.05) is 6.92 Å². The first-order valence-corrected chi connectivity index (χ1v) is 8.03. The van der Waals surface area contributed by atoms with E-state index in [1.165, 1.54) is 31.0 Å². The molecule has 0 radical (unpaired) electrons. The number of thioether (sulfide) groups is 1. The number of fused-ring (bicyclic) bond motifs is 1. The van der Waals surface area contributed by atoms with Crippen molar-refractivity contribution in [2.24, 2.45) is 0 Å². The van der Waals surface area contributed by atoms with Crippen LogP contribution in [-0.2, 0) is 17.8 Å². The van der Waals surface area contributed by atoms with E-state index in [0.717, 1.165) is 30.4 Å². The minimum Gasteiger partial charge on any atom is -0.353 e. The molecule has 0 aromatic carbocycles. The minimum absolute atomic E-state index is 0.0744. The topological polar surface area (TPSA) is 59.8 Å². The summed E-state index contributed by atoms with van der Waals surface area (Å²) < 4.78 is 2.17. The molecule has 19 heavy (non-hydrogen) atoms. The van der Waals surface area contributed by atoms with E-state index in [-0.39, 0.29) is 11.9 Å². The summed E-state index contributed by atoms with van der Waals surface area (Å²) in [5, 5.41) is 12.3.